The van der Waals surface area contributed by atoms with Crippen molar-refractivity contribution in [1.29, 1.82) is 0 Å². The highest BCUT2D eigenvalue weighted by Gasteiger charge is 2.36. The number of carbonyl (C=O) groups is 4. The van der Waals surface area contributed by atoms with Crippen molar-refractivity contribution in [2.45, 2.75) is 38.3 Å². The summed E-state index contributed by atoms with van der Waals surface area (Å²) in [5.41, 5.74) is 2.97. The van der Waals surface area contributed by atoms with Gasteiger partial charge in [-0.25, -0.2) is 0 Å². The van der Waals surface area contributed by atoms with Crippen molar-refractivity contribution in [3.8, 4) is 0 Å². The molecular formula is C28H24ClN3O4. The first-order valence-electron chi connectivity index (χ1n) is 11.9. The van der Waals surface area contributed by atoms with Crippen LogP contribution in [-0.2, 0) is 29.0 Å². The maximum absolute atomic E-state index is 13.7. The zero-order valence-electron chi connectivity index (χ0n) is 19.5. The molecule has 8 heteroatoms. The smallest absolute Gasteiger partial charge is 0.260 e. The highest BCUT2D eigenvalue weighted by atomic mass is 35.5. The summed E-state index contributed by atoms with van der Waals surface area (Å²) in [7, 11) is 0. The minimum Gasteiger partial charge on any atom is -0.324 e. The molecule has 0 N–H and O–H groups in total. The fourth-order valence-electron chi connectivity index (χ4n) is 4.78. The number of carbonyl (C=O) groups excluding carboxylic acids is 4. The second-order valence-corrected chi connectivity index (χ2v) is 9.51. The number of Topliss-reactive ketones (excluding diaryl/α,β-unsaturated/α-hetero) is 1. The van der Waals surface area contributed by atoms with Gasteiger partial charge in [-0.3, -0.25) is 29.1 Å². The molecule has 1 fully saturated rings. The van der Waals surface area contributed by atoms with Crippen molar-refractivity contribution in [2.75, 3.05) is 6.54 Å². The largest absolute Gasteiger partial charge is 0.324 e. The molecule has 3 aromatic rings. The van der Waals surface area contributed by atoms with Crippen LogP contribution in [0.5, 0.6) is 0 Å². The summed E-state index contributed by atoms with van der Waals surface area (Å²) in [4.78, 5) is 59.0. The summed E-state index contributed by atoms with van der Waals surface area (Å²) in [6.07, 6.45) is 3.13. The molecule has 5 rings (SSSR count). The van der Waals surface area contributed by atoms with Crippen molar-refractivity contribution < 1.29 is 19.2 Å². The van der Waals surface area contributed by atoms with Crippen molar-refractivity contribution in [2.24, 2.45) is 0 Å². The number of halogens is 1. The molecule has 0 spiro atoms. The lowest BCUT2D eigenvalue weighted by molar-refractivity contribution is -0.125. The van der Waals surface area contributed by atoms with Crippen molar-refractivity contribution in [3.05, 3.63) is 99.8 Å². The average Bonchev–Trinajstić information content (AvgIpc) is 3.28. The zero-order chi connectivity index (χ0) is 25.2. The SMILES string of the molecule is O=C1Cc2cc(Cl)ccc2C(=O)N(Cc2ccc(C(=O)N3CCCC3=O)cc2)[C@@H]1Cc1ccccn1. The highest BCUT2D eigenvalue weighted by molar-refractivity contribution is 6.30. The first-order chi connectivity index (χ1) is 17.4. The molecular weight excluding hydrogens is 478 g/mol. The van der Waals surface area contributed by atoms with E-state index < -0.39 is 6.04 Å². The number of ketones is 1. The van der Waals surface area contributed by atoms with E-state index in [9.17, 15) is 19.2 Å². The van der Waals surface area contributed by atoms with Crippen LogP contribution in [-0.4, -0.2) is 50.9 Å². The van der Waals surface area contributed by atoms with Gasteiger partial charge in [0.05, 0.1) is 6.04 Å². The second-order valence-electron chi connectivity index (χ2n) is 9.07. The van der Waals surface area contributed by atoms with Crippen LogP contribution in [0.4, 0.5) is 0 Å². The number of nitrogens with zero attached hydrogens (tertiary/aromatic N) is 3. The normalized spacial score (nSPS) is 17.8. The summed E-state index contributed by atoms with van der Waals surface area (Å²) in [6.45, 7) is 0.615. The molecule has 0 bridgehead atoms. The molecule has 0 radical (unpaired) electrons. The monoisotopic (exact) mass is 501 g/mol. The van der Waals surface area contributed by atoms with E-state index in [0.717, 1.165) is 5.56 Å². The molecule has 0 unspecified atom stereocenters. The number of imide groups is 1. The lowest BCUT2D eigenvalue weighted by atomic mass is 9.99. The summed E-state index contributed by atoms with van der Waals surface area (Å²) >= 11 is 6.16. The Hall–Kier alpha value is -3.84. The maximum atomic E-state index is 13.7. The van der Waals surface area contributed by atoms with Crippen LogP contribution in [0.3, 0.4) is 0 Å². The second kappa shape index (κ2) is 10.0. The van der Waals surface area contributed by atoms with Gasteiger partial charge in [0.2, 0.25) is 5.91 Å². The van der Waals surface area contributed by atoms with E-state index in [1.165, 1.54) is 4.90 Å². The van der Waals surface area contributed by atoms with Crippen LogP contribution in [0.1, 0.15) is 50.4 Å². The number of benzene rings is 2. The van der Waals surface area contributed by atoms with Gasteiger partial charge >= 0.3 is 0 Å². The predicted octanol–water partition coefficient (Wildman–Crippen LogP) is 3.88. The van der Waals surface area contributed by atoms with E-state index in [1.807, 2.05) is 12.1 Å². The van der Waals surface area contributed by atoms with Gasteiger partial charge in [0.25, 0.3) is 11.8 Å². The molecule has 2 aliphatic heterocycles. The molecule has 1 atom stereocenters. The molecule has 2 aliphatic rings. The molecule has 0 saturated carbocycles. The Morgan fingerprint density at radius 3 is 2.53 bits per heavy atom. The zero-order valence-corrected chi connectivity index (χ0v) is 20.3. The number of aromatic nitrogens is 1. The minimum atomic E-state index is -0.706. The summed E-state index contributed by atoms with van der Waals surface area (Å²) < 4.78 is 0. The minimum absolute atomic E-state index is 0.0886. The van der Waals surface area contributed by atoms with Crippen LogP contribution >= 0.6 is 11.6 Å². The van der Waals surface area contributed by atoms with Gasteiger partial charge in [0.1, 0.15) is 0 Å². The quantitative estimate of drug-likeness (QED) is 0.495. The number of likely N-dealkylation sites (tertiary alicyclic amines) is 1. The van der Waals surface area contributed by atoms with Crippen molar-refractivity contribution >= 4 is 35.1 Å². The molecule has 1 saturated heterocycles. The number of pyridine rings is 1. The van der Waals surface area contributed by atoms with E-state index >= 15 is 0 Å². The topological polar surface area (TPSA) is 87.7 Å². The third kappa shape index (κ3) is 4.79. The van der Waals surface area contributed by atoms with Crippen molar-refractivity contribution in [3.63, 3.8) is 0 Å². The predicted molar refractivity (Wildman–Crippen MR) is 133 cm³/mol. The van der Waals surface area contributed by atoms with Crippen LogP contribution in [0.25, 0.3) is 0 Å². The Balaban J connectivity index is 1.45. The van der Waals surface area contributed by atoms with Crippen LogP contribution in [0.15, 0.2) is 66.9 Å². The summed E-state index contributed by atoms with van der Waals surface area (Å²) in [5, 5.41) is 0.473. The highest BCUT2D eigenvalue weighted by Crippen LogP contribution is 2.27. The van der Waals surface area contributed by atoms with Gasteiger partial charge in [-0.05, 0) is 60.0 Å². The van der Waals surface area contributed by atoms with E-state index in [1.54, 1.807) is 59.6 Å². The Labute approximate surface area is 213 Å². The molecule has 36 heavy (non-hydrogen) atoms. The summed E-state index contributed by atoms with van der Waals surface area (Å²) in [5.74, 6) is -0.816. The molecule has 3 heterocycles. The van der Waals surface area contributed by atoms with Gasteiger partial charge in [-0.15, -0.1) is 0 Å². The van der Waals surface area contributed by atoms with Gasteiger partial charge in [-0.1, -0.05) is 29.8 Å². The van der Waals surface area contributed by atoms with Gasteiger partial charge in [0.15, 0.2) is 5.78 Å². The Morgan fingerprint density at radius 2 is 1.83 bits per heavy atom. The molecule has 3 amide bonds. The van der Waals surface area contributed by atoms with Gasteiger partial charge in [-0.2, -0.15) is 0 Å². The number of hydrogen-bond acceptors (Lipinski definition) is 5. The third-order valence-corrected chi connectivity index (χ3v) is 6.91. The number of hydrogen-bond donors (Lipinski definition) is 0. The van der Waals surface area contributed by atoms with Crippen LogP contribution in [0.2, 0.25) is 5.02 Å². The average molecular weight is 502 g/mol. The lowest BCUT2D eigenvalue weighted by Crippen LogP contribution is -2.45. The van der Waals surface area contributed by atoms with E-state index in [-0.39, 0.29) is 36.5 Å². The fraction of sp³-hybridized carbons (Fsp3) is 0.250. The molecule has 2 aromatic carbocycles. The van der Waals surface area contributed by atoms with Gasteiger partial charge < -0.3 is 4.90 Å². The Morgan fingerprint density at radius 1 is 1.03 bits per heavy atom. The van der Waals surface area contributed by atoms with Crippen LogP contribution in [0, 0.1) is 0 Å². The maximum Gasteiger partial charge on any atom is 0.260 e. The first kappa shape index (κ1) is 23.9. The molecule has 1 aromatic heterocycles. The van der Waals surface area contributed by atoms with Crippen molar-refractivity contribution in [1.82, 2.24) is 14.8 Å². The Bertz CT molecular complexity index is 1340. The number of amides is 3. The Kier molecular flexibility index (Phi) is 6.65. The van der Waals surface area contributed by atoms with E-state index in [4.69, 9.17) is 11.6 Å². The van der Waals surface area contributed by atoms with E-state index in [2.05, 4.69) is 4.98 Å². The molecule has 182 valence electrons. The standard InChI is InChI=1S/C28H24ClN3O4/c29-21-10-11-23-20(14-21)15-25(33)24(16-22-4-1-2-12-30-22)32(28(23)36)17-18-6-8-19(9-7-18)27(35)31-13-3-5-26(31)34/h1-2,4,6-12,14,24H,3,5,13,15-17H2/t24-/m1/s1. The summed E-state index contributed by atoms with van der Waals surface area (Å²) in [6, 6.07) is 16.6. The third-order valence-electron chi connectivity index (χ3n) is 6.67. The van der Waals surface area contributed by atoms with Gasteiger partial charge in [0, 0.05) is 60.4 Å². The lowest BCUT2D eigenvalue weighted by Gasteiger charge is -2.29. The first-order valence-corrected chi connectivity index (χ1v) is 12.2. The molecule has 0 aliphatic carbocycles. The number of rotatable bonds is 5. The molecule has 7 nitrogen and oxygen atoms in total. The van der Waals surface area contributed by atoms with Crippen LogP contribution < -0.4 is 0 Å². The van der Waals surface area contributed by atoms with E-state index in [0.29, 0.717) is 53.2 Å². The number of fused-ring (bicyclic) bond motifs is 1. The fourth-order valence-corrected chi connectivity index (χ4v) is 4.98.